The summed E-state index contributed by atoms with van der Waals surface area (Å²) in [6, 6.07) is 13.5. The first-order chi connectivity index (χ1) is 13.0. The first-order valence-electron chi connectivity index (χ1n) is 8.58. The largest absolute Gasteiger partial charge is 0.490 e. The van der Waals surface area contributed by atoms with Gasteiger partial charge in [-0.15, -0.1) is 11.3 Å². The molecule has 1 heterocycles. The number of rotatable bonds is 7. The summed E-state index contributed by atoms with van der Waals surface area (Å²) in [5.74, 6) is 0.643. The number of thiazole rings is 1. The van der Waals surface area contributed by atoms with Crippen molar-refractivity contribution in [3.05, 3.63) is 64.2 Å². The number of carboxylic acid groups (broad SMARTS) is 1. The number of para-hydroxylation sites is 1. The molecule has 0 aliphatic rings. The second-order valence-electron chi connectivity index (χ2n) is 6.18. The van der Waals surface area contributed by atoms with Gasteiger partial charge in [-0.25, -0.2) is 9.78 Å². The molecule has 140 valence electrons. The number of ether oxygens (including phenoxy) is 2. The van der Waals surface area contributed by atoms with Crippen molar-refractivity contribution in [1.82, 2.24) is 4.98 Å². The first-order valence-corrected chi connectivity index (χ1v) is 9.40. The van der Waals surface area contributed by atoms with Crippen LogP contribution in [0.5, 0.6) is 11.5 Å². The molecule has 0 saturated carbocycles. The van der Waals surface area contributed by atoms with Gasteiger partial charge in [0.15, 0.2) is 0 Å². The van der Waals surface area contributed by atoms with E-state index < -0.39 is 5.97 Å². The molecule has 0 saturated heterocycles. The van der Waals surface area contributed by atoms with Crippen LogP contribution < -0.4 is 9.47 Å². The molecule has 1 N–H and O–H groups in total. The Kier molecular flexibility index (Phi) is 5.76. The van der Waals surface area contributed by atoms with Crippen LogP contribution in [0.15, 0.2) is 42.5 Å². The van der Waals surface area contributed by atoms with E-state index in [4.69, 9.17) is 9.47 Å². The fraction of sp³-hybridized carbons (Fsp3) is 0.238. The van der Waals surface area contributed by atoms with Gasteiger partial charge in [0.1, 0.15) is 34.6 Å². The summed E-state index contributed by atoms with van der Waals surface area (Å²) < 4.78 is 11.6. The van der Waals surface area contributed by atoms with E-state index in [0.29, 0.717) is 29.7 Å². The lowest BCUT2D eigenvalue weighted by Crippen LogP contribution is -2.10. The Balaban J connectivity index is 1.63. The third-order valence-corrected chi connectivity index (χ3v) is 5.27. The maximum atomic E-state index is 11.2. The Bertz CT molecular complexity index is 944. The molecular weight excluding hydrogens is 362 g/mol. The van der Waals surface area contributed by atoms with Gasteiger partial charge in [-0.05, 0) is 44.0 Å². The number of nitrogens with zero attached hydrogens (tertiary/aromatic N) is 1. The summed E-state index contributed by atoms with van der Waals surface area (Å²) in [6.07, 6.45) is 0. The number of hydrogen-bond acceptors (Lipinski definition) is 5. The van der Waals surface area contributed by atoms with Gasteiger partial charge in [-0.3, -0.25) is 0 Å². The number of benzene rings is 2. The molecule has 0 atom stereocenters. The zero-order chi connectivity index (χ0) is 19.4. The van der Waals surface area contributed by atoms with Gasteiger partial charge in [-0.2, -0.15) is 0 Å². The molecule has 0 fully saturated rings. The van der Waals surface area contributed by atoms with Crippen LogP contribution in [-0.4, -0.2) is 29.3 Å². The van der Waals surface area contributed by atoms with Crippen LogP contribution in [0.3, 0.4) is 0 Å². The fourth-order valence-corrected chi connectivity index (χ4v) is 3.67. The molecule has 0 radical (unpaired) electrons. The fourth-order valence-electron chi connectivity index (χ4n) is 2.77. The Morgan fingerprint density at radius 3 is 2.37 bits per heavy atom. The zero-order valence-electron chi connectivity index (χ0n) is 15.5. The molecular formula is C21H21NO4S. The molecule has 0 spiro atoms. The van der Waals surface area contributed by atoms with E-state index in [-0.39, 0.29) is 4.88 Å². The topological polar surface area (TPSA) is 68.7 Å². The monoisotopic (exact) mass is 383 g/mol. The normalized spacial score (nSPS) is 10.6. The lowest BCUT2D eigenvalue weighted by molar-refractivity contribution is 0.0701. The van der Waals surface area contributed by atoms with E-state index in [1.54, 1.807) is 6.92 Å². The summed E-state index contributed by atoms with van der Waals surface area (Å²) in [4.78, 5) is 15.8. The minimum Gasteiger partial charge on any atom is -0.490 e. The number of aromatic carboxylic acids is 1. The second-order valence-corrected chi connectivity index (χ2v) is 7.18. The third kappa shape index (κ3) is 4.46. The van der Waals surface area contributed by atoms with Gasteiger partial charge in [0, 0.05) is 5.56 Å². The van der Waals surface area contributed by atoms with Gasteiger partial charge in [0.2, 0.25) is 0 Å². The highest BCUT2D eigenvalue weighted by Gasteiger charge is 2.15. The maximum Gasteiger partial charge on any atom is 0.347 e. The lowest BCUT2D eigenvalue weighted by atomic mass is 10.1. The number of aromatic nitrogens is 1. The summed E-state index contributed by atoms with van der Waals surface area (Å²) in [7, 11) is 0. The molecule has 0 amide bonds. The van der Waals surface area contributed by atoms with Gasteiger partial charge < -0.3 is 14.6 Å². The molecule has 0 aliphatic carbocycles. The highest BCUT2D eigenvalue weighted by molar-refractivity contribution is 7.17. The smallest absolute Gasteiger partial charge is 0.347 e. The summed E-state index contributed by atoms with van der Waals surface area (Å²) in [5, 5.41) is 9.86. The standard InChI is InChI=1S/C21H21NO4S/c1-13-6-4-7-14(2)18(13)26-11-10-25-17-9-5-8-16(12-17)20-22-15(3)19(27-20)21(23)24/h4-9,12H,10-11H2,1-3H3,(H,23,24). The van der Waals surface area contributed by atoms with Gasteiger partial charge in [-0.1, -0.05) is 30.3 Å². The number of aryl methyl sites for hydroxylation is 3. The van der Waals surface area contributed by atoms with Crippen molar-refractivity contribution < 1.29 is 19.4 Å². The zero-order valence-corrected chi connectivity index (χ0v) is 16.3. The minimum absolute atomic E-state index is 0.262. The molecule has 5 nitrogen and oxygen atoms in total. The Morgan fingerprint density at radius 1 is 1.04 bits per heavy atom. The predicted molar refractivity (Wildman–Crippen MR) is 106 cm³/mol. The summed E-state index contributed by atoms with van der Waals surface area (Å²) >= 11 is 1.17. The number of hydrogen-bond donors (Lipinski definition) is 1. The van der Waals surface area contributed by atoms with E-state index in [0.717, 1.165) is 22.4 Å². The van der Waals surface area contributed by atoms with Crippen LogP contribution in [0.4, 0.5) is 0 Å². The average Bonchev–Trinajstić information content (AvgIpc) is 3.03. The second kappa shape index (κ2) is 8.22. The van der Waals surface area contributed by atoms with Crippen molar-refractivity contribution in [2.75, 3.05) is 13.2 Å². The van der Waals surface area contributed by atoms with E-state index in [9.17, 15) is 9.90 Å². The lowest BCUT2D eigenvalue weighted by Gasteiger charge is -2.12. The molecule has 3 aromatic rings. The molecule has 3 rings (SSSR count). The van der Waals surface area contributed by atoms with Crippen molar-refractivity contribution in [1.29, 1.82) is 0 Å². The van der Waals surface area contributed by atoms with Crippen molar-refractivity contribution in [3.63, 3.8) is 0 Å². The van der Waals surface area contributed by atoms with Gasteiger partial charge >= 0.3 is 5.97 Å². The third-order valence-electron chi connectivity index (χ3n) is 4.08. The number of carbonyl (C=O) groups is 1. The first kappa shape index (κ1) is 18.9. The molecule has 0 bridgehead atoms. The highest BCUT2D eigenvalue weighted by atomic mass is 32.1. The van der Waals surface area contributed by atoms with Gasteiger partial charge in [0.05, 0.1) is 5.69 Å². The van der Waals surface area contributed by atoms with Crippen molar-refractivity contribution >= 4 is 17.3 Å². The van der Waals surface area contributed by atoms with Crippen LogP contribution >= 0.6 is 11.3 Å². The van der Waals surface area contributed by atoms with Crippen molar-refractivity contribution in [2.24, 2.45) is 0 Å². The molecule has 1 aromatic heterocycles. The minimum atomic E-state index is -0.952. The van der Waals surface area contributed by atoms with E-state index >= 15 is 0 Å². The van der Waals surface area contributed by atoms with Crippen molar-refractivity contribution in [3.8, 4) is 22.1 Å². The van der Waals surface area contributed by atoms with Crippen LogP contribution in [0.1, 0.15) is 26.5 Å². The Morgan fingerprint density at radius 2 is 1.70 bits per heavy atom. The van der Waals surface area contributed by atoms with E-state index in [1.807, 2.05) is 56.3 Å². The van der Waals surface area contributed by atoms with E-state index in [2.05, 4.69) is 4.98 Å². The van der Waals surface area contributed by atoms with Crippen molar-refractivity contribution in [2.45, 2.75) is 20.8 Å². The Hall–Kier alpha value is -2.86. The quantitative estimate of drug-likeness (QED) is 0.588. The molecule has 0 aliphatic heterocycles. The predicted octanol–water partition coefficient (Wildman–Crippen LogP) is 4.89. The van der Waals surface area contributed by atoms with Crippen LogP contribution in [0.25, 0.3) is 10.6 Å². The SMILES string of the molecule is Cc1cccc(C)c1OCCOc1cccc(-c2nc(C)c(C(=O)O)s2)c1. The maximum absolute atomic E-state index is 11.2. The Labute approximate surface area is 162 Å². The number of carboxylic acids is 1. The molecule has 0 unspecified atom stereocenters. The molecule has 27 heavy (non-hydrogen) atoms. The summed E-state index contributed by atoms with van der Waals surface area (Å²) in [5.41, 5.74) is 3.57. The van der Waals surface area contributed by atoms with Crippen LogP contribution in [0, 0.1) is 20.8 Å². The molecule has 2 aromatic carbocycles. The van der Waals surface area contributed by atoms with E-state index in [1.165, 1.54) is 11.3 Å². The molecule has 6 heteroatoms. The summed E-state index contributed by atoms with van der Waals surface area (Å²) in [6.45, 7) is 6.60. The highest BCUT2D eigenvalue weighted by Crippen LogP contribution is 2.30. The van der Waals surface area contributed by atoms with Crippen LogP contribution in [0.2, 0.25) is 0 Å². The van der Waals surface area contributed by atoms with Crippen LogP contribution in [-0.2, 0) is 0 Å². The van der Waals surface area contributed by atoms with Gasteiger partial charge in [0.25, 0.3) is 0 Å². The average molecular weight is 383 g/mol.